The minimum Gasteiger partial charge on any atom is -0.445 e. The summed E-state index contributed by atoms with van der Waals surface area (Å²) in [6.45, 7) is 6.72. The Labute approximate surface area is 137 Å². The van der Waals surface area contributed by atoms with Crippen LogP contribution in [0.15, 0.2) is 42.5 Å². The Bertz CT molecular complexity index is 739. The van der Waals surface area contributed by atoms with E-state index in [4.69, 9.17) is 4.74 Å². The van der Waals surface area contributed by atoms with Crippen LogP contribution in [0.5, 0.6) is 0 Å². The lowest BCUT2D eigenvalue weighted by Crippen LogP contribution is -2.24. The molecule has 0 saturated carbocycles. The van der Waals surface area contributed by atoms with Gasteiger partial charge in [0.05, 0.1) is 6.54 Å². The van der Waals surface area contributed by atoms with Gasteiger partial charge < -0.3 is 10.1 Å². The number of hydrogen-bond acceptors (Lipinski definition) is 2. The number of rotatable bonds is 3. The van der Waals surface area contributed by atoms with Gasteiger partial charge in [0.15, 0.2) is 0 Å². The van der Waals surface area contributed by atoms with Gasteiger partial charge in [-0.25, -0.2) is 4.79 Å². The van der Waals surface area contributed by atoms with E-state index in [0.29, 0.717) is 0 Å². The van der Waals surface area contributed by atoms with Gasteiger partial charge in [-0.15, -0.1) is 0 Å². The smallest absolute Gasteiger partial charge is 0.408 e. The topological polar surface area (TPSA) is 38.3 Å². The molecule has 2 aromatic carbocycles. The fraction of sp³-hybridized carbons (Fsp3) is 0.250. The molecule has 2 aromatic rings. The third-order valence-electron chi connectivity index (χ3n) is 3.60. The lowest BCUT2D eigenvalue weighted by molar-refractivity contribution is 0.141. The van der Waals surface area contributed by atoms with Crippen molar-refractivity contribution in [1.82, 2.24) is 5.32 Å². The highest BCUT2D eigenvalue weighted by molar-refractivity contribution is 5.67. The molecule has 0 aromatic heterocycles. The zero-order chi connectivity index (χ0) is 16.7. The Morgan fingerprint density at radius 1 is 1.04 bits per heavy atom. The highest BCUT2D eigenvalue weighted by atomic mass is 16.5. The van der Waals surface area contributed by atoms with Crippen molar-refractivity contribution in [3.63, 3.8) is 0 Å². The SMILES string of the molecule is Cc1cc(C)c(C#CCNC(=O)OCc2ccccc2)cc1C. The number of ether oxygens (including phenoxy) is 1. The van der Waals surface area contributed by atoms with Crippen molar-refractivity contribution in [3.05, 3.63) is 70.3 Å². The average molecular weight is 307 g/mol. The third kappa shape index (κ3) is 5.19. The molecular formula is C20H21NO2. The van der Waals surface area contributed by atoms with Crippen molar-refractivity contribution < 1.29 is 9.53 Å². The van der Waals surface area contributed by atoms with Crippen molar-refractivity contribution in [1.29, 1.82) is 0 Å². The van der Waals surface area contributed by atoms with Gasteiger partial charge in [-0.05, 0) is 49.1 Å². The molecule has 0 aliphatic heterocycles. The van der Waals surface area contributed by atoms with Crippen LogP contribution in [-0.4, -0.2) is 12.6 Å². The molecule has 0 aliphatic carbocycles. The first-order chi connectivity index (χ1) is 11.1. The summed E-state index contributed by atoms with van der Waals surface area (Å²) >= 11 is 0. The predicted molar refractivity (Wildman–Crippen MR) is 92.2 cm³/mol. The number of carbonyl (C=O) groups excluding carboxylic acids is 1. The quantitative estimate of drug-likeness (QED) is 0.874. The largest absolute Gasteiger partial charge is 0.445 e. The van der Waals surface area contributed by atoms with Crippen molar-refractivity contribution >= 4 is 6.09 Å². The Morgan fingerprint density at radius 2 is 1.74 bits per heavy atom. The van der Waals surface area contributed by atoms with Crippen molar-refractivity contribution in [3.8, 4) is 11.8 Å². The van der Waals surface area contributed by atoms with E-state index >= 15 is 0 Å². The molecule has 0 heterocycles. The molecule has 3 nitrogen and oxygen atoms in total. The van der Waals surface area contributed by atoms with E-state index in [1.807, 2.05) is 37.3 Å². The summed E-state index contributed by atoms with van der Waals surface area (Å²) in [7, 11) is 0. The summed E-state index contributed by atoms with van der Waals surface area (Å²) in [4.78, 5) is 11.6. The molecule has 0 saturated heterocycles. The molecule has 0 aliphatic rings. The molecule has 3 heteroatoms. The first-order valence-electron chi connectivity index (χ1n) is 7.57. The maximum atomic E-state index is 11.6. The second kappa shape index (κ2) is 8.05. The summed E-state index contributed by atoms with van der Waals surface area (Å²) in [5, 5.41) is 2.63. The molecule has 1 amide bonds. The number of alkyl carbamates (subject to hydrolysis) is 1. The minimum absolute atomic E-state index is 0.260. The van der Waals surface area contributed by atoms with Gasteiger partial charge in [0.1, 0.15) is 6.61 Å². The van der Waals surface area contributed by atoms with E-state index in [2.05, 4.69) is 43.1 Å². The molecule has 0 fully saturated rings. The van der Waals surface area contributed by atoms with Crippen LogP contribution in [0, 0.1) is 32.6 Å². The van der Waals surface area contributed by atoms with E-state index in [9.17, 15) is 4.79 Å². The van der Waals surface area contributed by atoms with Gasteiger partial charge in [0.25, 0.3) is 0 Å². The standard InChI is InChI=1S/C20H21NO2/c1-15-12-17(3)19(13-16(15)2)10-7-11-21-20(22)23-14-18-8-5-4-6-9-18/h4-6,8-9,12-13H,11,14H2,1-3H3,(H,21,22). The molecule has 118 valence electrons. The van der Waals surface area contributed by atoms with Crippen LogP contribution < -0.4 is 5.32 Å². The first-order valence-corrected chi connectivity index (χ1v) is 7.57. The summed E-state index contributed by atoms with van der Waals surface area (Å²) in [5.74, 6) is 6.05. The van der Waals surface area contributed by atoms with Gasteiger partial charge in [-0.1, -0.05) is 48.2 Å². The highest BCUT2D eigenvalue weighted by Gasteiger charge is 2.01. The Hall–Kier alpha value is -2.73. The Morgan fingerprint density at radius 3 is 2.48 bits per heavy atom. The number of benzene rings is 2. The van der Waals surface area contributed by atoms with Crippen LogP contribution in [0.2, 0.25) is 0 Å². The number of nitrogens with one attached hydrogen (secondary N) is 1. The van der Waals surface area contributed by atoms with E-state index in [1.54, 1.807) is 0 Å². The summed E-state index contributed by atoms with van der Waals surface area (Å²) < 4.78 is 5.12. The van der Waals surface area contributed by atoms with Gasteiger partial charge in [0, 0.05) is 5.56 Å². The van der Waals surface area contributed by atoms with Crippen LogP contribution >= 0.6 is 0 Å². The fourth-order valence-corrected chi connectivity index (χ4v) is 2.13. The van der Waals surface area contributed by atoms with E-state index in [-0.39, 0.29) is 13.2 Å². The molecular weight excluding hydrogens is 286 g/mol. The second-order valence-corrected chi connectivity index (χ2v) is 5.47. The molecule has 23 heavy (non-hydrogen) atoms. The molecule has 0 atom stereocenters. The molecule has 2 rings (SSSR count). The Kier molecular flexibility index (Phi) is 5.82. The van der Waals surface area contributed by atoms with Crippen LogP contribution in [0.25, 0.3) is 0 Å². The van der Waals surface area contributed by atoms with Crippen molar-refractivity contribution in [2.75, 3.05) is 6.54 Å². The van der Waals surface area contributed by atoms with E-state index in [1.165, 1.54) is 11.1 Å². The maximum Gasteiger partial charge on any atom is 0.408 e. The van der Waals surface area contributed by atoms with Gasteiger partial charge in [-0.2, -0.15) is 0 Å². The van der Waals surface area contributed by atoms with Crippen LogP contribution in [0.1, 0.15) is 27.8 Å². The highest BCUT2D eigenvalue weighted by Crippen LogP contribution is 2.14. The predicted octanol–water partition coefficient (Wildman–Crippen LogP) is 3.89. The normalized spacial score (nSPS) is 9.70. The minimum atomic E-state index is -0.458. The maximum absolute atomic E-state index is 11.6. The van der Waals surface area contributed by atoms with E-state index < -0.39 is 6.09 Å². The van der Waals surface area contributed by atoms with E-state index in [0.717, 1.165) is 16.7 Å². The van der Waals surface area contributed by atoms with Gasteiger partial charge in [0.2, 0.25) is 0 Å². The molecule has 0 spiro atoms. The number of amides is 1. The first kappa shape index (κ1) is 16.6. The number of hydrogen-bond donors (Lipinski definition) is 1. The van der Waals surface area contributed by atoms with Gasteiger partial charge in [-0.3, -0.25) is 0 Å². The summed E-state index contributed by atoms with van der Waals surface area (Å²) in [5.41, 5.74) is 5.57. The third-order valence-corrected chi connectivity index (χ3v) is 3.60. The zero-order valence-corrected chi connectivity index (χ0v) is 13.8. The Balaban J connectivity index is 1.81. The van der Waals surface area contributed by atoms with Gasteiger partial charge >= 0.3 is 6.09 Å². The molecule has 0 radical (unpaired) electrons. The monoisotopic (exact) mass is 307 g/mol. The summed E-state index contributed by atoms with van der Waals surface area (Å²) in [6.07, 6.45) is -0.458. The van der Waals surface area contributed by atoms with Crippen LogP contribution in [0.4, 0.5) is 4.79 Å². The molecule has 1 N–H and O–H groups in total. The molecule has 0 unspecified atom stereocenters. The molecule has 0 bridgehead atoms. The lowest BCUT2D eigenvalue weighted by atomic mass is 10.0. The van der Waals surface area contributed by atoms with Crippen LogP contribution in [0.3, 0.4) is 0 Å². The fourth-order valence-electron chi connectivity index (χ4n) is 2.13. The second-order valence-electron chi connectivity index (χ2n) is 5.47. The number of carbonyl (C=O) groups is 1. The zero-order valence-electron chi connectivity index (χ0n) is 13.8. The lowest BCUT2D eigenvalue weighted by Gasteiger charge is -2.05. The van der Waals surface area contributed by atoms with Crippen LogP contribution in [-0.2, 0) is 11.3 Å². The number of aryl methyl sites for hydroxylation is 3. The average Bonchev–Trinajstić information content (AvgIpc) is 2.55. The van der Waals surface area contributed by atoms with Crippen molar-refractivity contribution in [2.45, 2.75) is 27.4 Å². The van der Waals surface area contributed by atoms with Crippen molar-refractivity contribution in [2.24, 2.45) is 0 Å². The summed E-state index contributed by atoms with van der Waals surface area (Å²) in [6, 6.07) is 13.8.